The van der Waals surface area contributed by atoms with Crippen molar-refractivity contribution < 1.29 is 9.53 Å². The second kappa shape index (κ2) is 7.72. The highest BCUT2D eigenvalue weighted by atomic mass is 32.2. The monoisotopic (exact) mass is 287 g/mol. The number of amides is 1. The molecule has 0 spiro atoms. The van der Waals surface area contributed by atoms with Crippen molar-refractivity contribution in [1.29, 1.82) is 0 Å². The van der Waals surface area contributed by atoms with E-state index in [1.165, 1.54) is 0 Å². The first-order valence-electron chi connectivity index (χ1n) is 6.33. The third-order valence-corrected chi connectivity index (χ3v) is 3.42. The third-order valence-electron chi connectivity index (χ3n) is 2.70. The number of carbonyl (C=O) groups is 1. The Morgan fingerprint density at radius 3 is 2.70 bits per heavy atom. The van der Waals surface area contributed by atoms with Crippen molar-refractivity contribution in [2.75, 3.05) is 18.2 Å². The van der Waals surface area contributed by atoms with Crippen LogP contribution in [0.5, 0.6) is 0 Å². The minimum absolute atomic E-state index is 0.0540. The van der Waals surface area contributed by atoms with Crippen LogP contribution in [0.1, 0.15) is 5.56 Å². The summed E-state index contributed by atoms with van der Waals surface area (Å²) in [6, 6.07) is 17.5. The van der Waals surface area contributed by atoms with Crippen LogP contribution in [0.25, 0.3) is 0 Å². The molecule has 0 bridgehead atoms. The van der Waals surface area contributed by atoms with E-state index in [0.717, 1.165) is 16.1 Å². The Labute approximate surface area is 123 Å². The smallest absolute Gasteiger partial charge is 0.250 e. The number of anilines is 1. The summed E-state index contributed by atoms with van der Waals surface area (Å²) in [6.45, 7) is 0.498. The molecule has 0 unspecified atom stereocenters. The fourth-order valence-electron chi connectivity index (χ4n) is 1.73. The molecule has 0 atom stereocenters. The van der Waals surface area contributed by atoms with Crippen LogP contribution in [0, 0.1) is 0 Å². The molecular formula is C16H17NO2S. The summed E-state index contributed by atoms with van der Waals surface area (Å²) in [5.41, 5.74) is 1.86. The first-order valence-corrected chi connectivity index (χ1v) is 7.56. The van der Waals surface area contributed by atoms with Crippen LogP contribution in [0.15, 0.2) is 59.5 Å². The van der Waals surface area contributed by atoms with E-state index < -0.39 is 0 Å². The third kappa shape index (κ3) is 4.72. The van der Waals surface area contributed by atoms with Gasteiger partial charge in [0.25, 0.3) is 0 Å². The molecule has 2 aromatic carbocycles. The molecule has 0 radical (unpaired) electrons. The van der Waals surface area contributed by atoms with Gasteiger partial charge in [-0.3, -0.25) is 4.79 Å². The maximum Gasteiger partial charge on any atom is 0.250 e. The summed E-state index contributed by atoms with van der Waals surface area (Å²) < 4.78 is 5.39. The zero-order valence-electron chi connectivity index (χ0n) is 11.3. The quantitative estimate of drug-likeness (QED) is 0.826. The van der Waals surface area contributed by atoms with Gasteiger partial charge >= 0.3 is 0 Å². The zero-order valence-corrected chi connectivity index (χ0v) is 12.2. The van der Waals surface area contributed by atoms with Gasteiger partial charge < -0.3 is 10.1 Å². The van der Waals surface area contributed by atoms with Gasteiger partial charge in [0.15, 0.2) is 0 Å². The number of thioether (sulfide) groups is 1. The average molecular weight is 287 g/mol. The maximum absolute atomic E-state index is 11.8. The molecule has 0 aliphatic rings. The largest absolute Gasteiger partial charge is 0.367 e. The van der Waals surface area contributed by atoms with Gasteiger partial charge in [-0.1, -0.05) is 36.4 Å². The molecule has 104 valence electrons. The van der Waals surface area contributed by atoms with Crippen LogP contribution >= 0.6 is 11.8 Å². The second-order valence-corrected chi connectivity index (χ2v) is 5.14. The molecule has 2 rings (SSSR count). The molecule has 1 amide bonds. The summed E-state index contributed by atoms with van der Waals surface area (Å²) >= 11 is 1.64. The highest BCUT2D eigenvalue weighted by molar-refractivity contribution is 7.98. The molecule has 0 heterocycles. The molecular weight excluding hydrogens is 270 g/mol. The Balaban J connectivity index is 1.77. The van der Waals surface area contributed by atoms with E-state index in [9.17, 15) is 4.79 Å². The zero-order chi connectivity index (χ0) is 14.2. The number of ether oxygens (including phenoxy) is 1. The normalized spacial score (nSPS) is 10.2. The van der Waals surface area contributed by atoms with Gasteiger partial charge in [-0.15, -0.1) is 11.8 Å². The highest BCUT2D eigenvalue weighted by Crippen LogP contribution is 2.18. The van der Waals surface area contributed by atoms with Crippen LogP contribution in [-0.2, 0) is 16.1 Å². The van der Waals surface area contributed by atoms with Gasteiger partial charge in [0.2, 0.25) is 5.91 Å². The molecule has 3 nitrogen and oxygen atoms in total. The predicted molar refractivity (Wildman–Crippen MR) is 83.0 cm³/mol. The second-order valence-electron chi connectivity index (χ2n) is 4.26. The van der Waals surface area contributed by atoms with E-state index in [0.29, 0.717) is 6.61 Å². The minimum atomic E-state index is -0.140. The lowest BCUT2D eigenvalue weighted by atomic mass is 10.2. The first-order chi connectivity index (χ1) is 9.78. The lowest BCUT2D eigenvalue weighted by molar-refractivity contribution is -0.121. The summed E-state index contributed by atoms with van der Waals surface area (Å²) in [7, 11) is 0. The van der Waals surface area contributed by atoms with Crippen LogP contribution in [-0.4, -0.2) is 18.8 Å². The van der Waals surface area contributed by atoms with Gasteiger partial charge in [-0.25, -0.2) is 0 Å². The van der Waals surface area contributed by atoms with E-state index in [1.54, 1.807) is 11.8 Å². The standard InChI is InChI=1S/C16H17NO2S/c1-20-15-9-5-8-14(10-15)17-16(18)12-19-11-13-6-3-2-4-7-13/h2-10H,11-12H2,1H3,(H,17,18). The van der Waals surface area contributed by atoms with Crippen molar-refractivity contribution in [2.24, 2.45) is 0 Å². The average Bonchev–Trinajstić information content (AvgIpc) is 2.48. The number of hydrogen-bond acceptors (Lipinski definition) is 3. The van der Waals surface area contributed by atoms with Crippen molar-refractivity contribution in [1.82, 2.24) is 0 Å². The van der Waals surface area contributed by atoms with Gasteiger partial charge in [-0.2, -0.15) is 0 Å². The van der Waals surface area contributed by atoms with Gasteiger partial charge in [0, 0.05) is 10.6 Å². The van der Waals surface area contributed by atoms with Crippen LogP contribution in [0.3, 0.4) is 0 Å². The Morgan fingerprint density at radius 2 is 1.95 bits per heavy atom. The molecule has 2 aromatic rings. The predicted octanol–water partition coefficient (Wildman–Crippen LogP) is 3.56. The Kier molecular flexibility index (Phi) is 5.65. The Morgan fingerprint density at radius 1 is 1.15 bits per heavy atom. The number of carbonyl (C=O) groups excluding carboxylic acids is 1. The van der Waals surface area contributed by atoms with Gasteiger partial charge in [0.1, 0.15) is 6.61 Å². The number of benzene rings is 2. The molecule has 0 aromatic heterocycles. The molecule has 0 saturated heterocycles. The fraction of sp³-hybridized carbons (Fsp3) is 0.188. The Bertz CT molecular complexity index is 557. The molecule has 0 saturated carbocycles. The summed E-state index contributed by atoms with van der Waals surface area (Å²) in [5, 5.41) is 2.83. The lowest BCUT2D eigenvalue weighted by Gasteiger charge is -2.07. The molecule has 0 aliphatic heterocycles. The Hall–Kier alpha value is -1.78. The number of nitrogens with one attached hydrogen (secondary N) is 1. The summed E-state index contributed by atoms with van der Waals surface area (Å²) in [6.07, 6.45) is 2.00. The van der Waals surface area contributed by atoms with Crippen molar-refractivity contribution in [3.63, 3.8) is 0 Å². The number of hydrogen-bond donors (Lipinski definition) is 1. The van der Waals surface area contributed by atoms with E-state index in [-0.39, 0.29) is 12.5 Å². The molecule has 1 N–H and O–H groups in total. The molecule has 20 heavy (non-hydrogen) atoms. The number of rotatable bonds is 6. The van der Waals surface area contributed by atoms with Crippen LogP contribution in [0.4, 0.5) is 5.69 Å². The van der Waals surface area contributed by atoms with Gasteiger partial charge in [0.05, 0.1) is 6.61 Å². The van der Waals surface area contributed by atoms with E-state index in [1.807, 2.05) is 60.9 Å². The van der Waals surface area contributed by atoms with E-state index >= 15 is 0 Å². The van der Waals surface area contributed by atoms with Crippen molar-refractivity contribution in [3.8, 4) is 0 Å². The van der Waals surface area contributed by atoms with E-state index in [2.05, 4.69) is 5.32 Å². The van der Waals surface area contributed by atoms with Crippen molar-refractivity contribution >= 4 is 23.4 Å². The van der Waals surface area contributed by atoms with Crippen molar-refractivity contribution in [2.45, 2.75) is 11.5 Å². The highest BCUT2D eigenvalue weighted by Gasteiger charge is 2.03. The van der Waals surface area contributed by atoms with Crippen LogP contribution < -0.4 is 5.32 Å². The topological polar surface area (TPSA) is 38.3 Å². The van der Waals surface area contributed by atoms with Crippen LogP contribution in [0.2, 0.25) is 0 Å². The molecule has 0 aliphatic carbocycles. The molecule has 4 heteroatoms. The maximum atomic E-state index is 11.8. The first kappa shape index (κ1) is 14.6. The SMILES string of the molecule is CSc1cccc(NC(=O)COCc2ccccc2)c1. The van der Waals surface area contributed by atoms with E-state index in [4.69, 9.17) is 4.74 Å². The lowest BCUT2D eigenvalue weighted by Crippen LogP contribution is -2.18. The summed E-state index contributed by atoms with van der Waals surface area (Å²) in [5.74, 6) is -0.140. The van der Waals surface area contributed by atoms with Crippen molar-refractivity contribution in [3.05, 3.63) is 60.2 Å². The summed E-state index contributed by atoms with van der Waals surface area (Å²) in [4.78, 5) is 12.9. The molecule has 0 fully saturated rings. The minimum Gasteiger partial charge on any atom is -0.367 e. The fourth-order valence-corrected chi connectivity index (χ4v) is 2.19. The van der Waals surface area contributed by atoms with Gasteiger partial charge in [-0.05, 0) is 30.0 Å².